The molecule has 0 saturated carbocycles. The van der Waals surface area contributed by atoms with Gasteiger partial charge in [0, 0.05) is 11.3 Å². The number of amides is 1. The first-order valence-electron chi connectivity index (χ1n) is 9.20. The summed E-state index contributed by atoms with van der Waals surface area (Å²) in [5.74, 6) is -0.280. The van der Waals surface area contributed by atoms with Crippen molar-refractivity contribution in [1.29, 1.82) is 0 Å². The highest BCUT2D eigenvalue weighted by Gasteiger charge is 2.23. The van der Waals surface area contributed by atoms with Gasteiger partial charge >= 0.3 is 0 Å². The average molecular weight is 398 g/mol. The molecule has 1 aliphatic rings. The number of piperazine rings is 1. The molecule has 1 amide bonds. The van der Waals surface area contributed by atoms with E-state index < -0.39 is 0 Å². The number of nitrogens with one attached hydrogen (secondary N) is 2. The lowest BCUT2D eigenvalue weighted by Gasteiger charge is -2.33. The van der Waals surface area contributed by atoms with Crippen molar-refractivity contribution < 1.29 is 14.1 Å². The zero-order chi connectivity index (χ0) is 19.3. The highest BCUT2D eigenvalue weighted by atomic mass is 32.1. The van der Waals surface area contributed by atoms with Crippen molar-refractivity contribution in [2.45, 2.75) is 0 Å². The zero-order valence-corrected chi connectivity index (χ0v) is 16.1. The third kappa shape index (κ3) is 4.52. The zero-order valence-electron chi connectivity index (χ0n) is 15.3. The highest BCUT2D eigenvalue weighted by molar-refractivity contribution is 7.18. The molecule has 144 valence electrons. The van der Waals surface area contributed by atoms with Crippen molar-refractivity contribution in [1.82, 2.24) is 10.2 Å². The quantitative estimate of drug-likeness (QED) is 0.687. The maximum atomic E-state index is 13.1. The fourth-order valence-electron chi connectivity index (χ4n) is 3.27. The van der Waals surface area contributed by atoms with Gasteiger partial charge in [-0.1, -0.05) is 41.7 Å². The van der Waals surface area contributed by atoms with E-state index in [1.807, 2.05) is 30.3 Å². The maximum absolute atomic E-state index is 13.1. The smallest absolute Gasteiger partial charge is 0.281 e. The van der Waals surface area contributed by atoms with E-state index in [0.717, 1.165) is 42.4 Å². The van der Waals surface area contributed by atoms with Crippen LogP contribution in [0, 0.1) is 5.82 Å². The lowest BCUT2D eigenvalue weighted by atomic mass is 10.2. The highest BCUT2D eigenvalue weighted by Crippen LogP contribution is 2.25. The molecule has 2 N–H and O–H groups in total. The maximum Gasteiger partial charge on any atom is 0.281 e. The number of benzene rings is 2. The van der Waals surface area contributed by atoms with Gasteiger partial charge in [-0.15, -0.1) is 10.2 Å². The van der Waals surface area contributed by atoms with Gasteiger partial charge in [0.2, 0.25) is 5.13 Å². The van der Waals surface area contributed by atoms with Crippen LogP contribution in [-0.4, -0.2) is 48.8 Å². The number of quaternary nitrogens is 1. The Kier molecular flexibility index (Phi) is 5.59. The second-order valence-corrected chi connectivity index (χ2v) is 7.69. The van der Waals surface area contributed by atoms with Crippen molar-refractivity contribution in [3.8, 4) is 10.6 Å². The Balaban J connectivity index is 1.27. The lowest BCUT2D eigenvalue weighted by molar-refractivity contribution is -0.892. The SMILES string of the molecule is O=C(C[NH+]1CCN(c2ccc(F)cc2)CC1)Nc1nnc(-c2ccccc2)s1. The van der Waals surface area contributed by atoms with Crippen LogP contribution < -0.4 is 15.1 Å². The van der Waals surface area contributed by atoms with Gasteiger partial charge in [0.1, 0.15) is 10.8 Å². The molecule has 0 unspecified atom stereocenters. The Morgan fingerprint density at radius 3 is 2.50 bits per heavy atom. The van der Waals surface area contributed by atoms with Crippen molar-refractivity contribution in [3.05, 3.63) is 60.4 Å². The Bertz CT molecular complexity index is 923. The summed E-state index contributed by atoms with van der Waals surface area (Å²) in [5.41, 5.74) is 2.01. The van der Waals surface area contributed by atoms with E-state index in [0.29, 0.717) is 11.7 Å². The second-order valence-electron chi connectivity index (χ2n) is 6.72. The van der Waals surface area contributed by atoms with Crippen LogP contribution in [0.5, 0.6) is 0 Å². The lowest BCUT2D eigenvalue weighted by Crippen LogP contribution is -3.15. The van der Waals surface area contributed by atoms with Crippen LogP contribution in [0.15, 0.2) is 54.6 Å². The molecule has 0 spiro atoms. The van der Waals surface area contributed by atoms with Crippen molar-refractivity contribution in [3.63, 3.8) is 0 Å². The standard InChI is InChI=1S/C20H20FN5OS/c21-16-6-8-17(9-7-16)26-12-10-25(11-13-26)14-18(27)22-20-24-23-19(28-20)15-4-2-1-3-5-15/h1-9H,10-14H2,(H,22,24,27)/p+1. The van der Waals surface area contributed by atoms with Crippen LogP contribution in [0.25, 0.3) is 10.6 Å². The first-order valence-corrected chi connectivity index (χ1v) is 10.0. The number of anilines is 2. The predicted molar refractivity (Wildman–Crippen MR) is 108 cm³/mol. The molecule has 4 rings (SSSR count). The summed E-state index contributed by atoms with van der Waals surface area (Å²) in [6, 6.07) is 16.3. The molecule has 2 aromatic carbocycles. The molecule has 0 bridgehead atoms. The molecule has 1 aliphatic heterocycles. The second kappa shape index (κ2) is 8.45. The first kappa shape index (κ1) is 18.5. The minimum atomic E-state index is -0.225. The van der Waals surface area contributed by atoms with Gasteiger partial charge in [-0.05, 0) is 24.3 Å². The predicted octanol–water partition coefficient (Wildman–Crippen LogP) is 1.69. The minimum absolute atomic E-state index is 0.0546. The van der Waals surface area contributed by atoms with E-state index in [-0.39, 0.29) is 11.7 Å². The summed E-state index contributed by atoms with van der Waals surface area (Å²) in [6.45, 7) is 3.79. The molecular formula is C20H21FN5OS+. The summed E-state index contributed by atoms with van der Waals surface area (Å²) < 4.78 is 13.1. The largest absolute Gasteiger partial charge is 0.360 e. The monoisotopic (exact) mass is 398 g/mol. The van der Waals surface area contributed by atoms with Gasteiger partial charge in [-0.2, -0.15) is 0 Å². The number of rotatable bonds is 5. The van der Waals surface area contributed by atoms with Gasteiger partial charge in [-0.3, -0.25) is 10.1 Å². The van der Waals surface area contributed by atoms with Crippen LogP contribution in [0.4, 0.5) is 15.2 Å². The molecule has 1 fully saturated rings. The van der Waals surface area contributed by atoms with Crippen LogP contribution in [-0.2, 0) is 4.79 Å². The molecule has 0 aliphatic carbocycles. The molecule has 1 saturated heterocycles. The van der Waals surface area contributed by atoms with Crippen molar-refractivity contribution >= 4 is 28.1 Å². The van der Waals surface area contributed by atoms with Crippen LogP contribution in [0.3, 0.4) is 0 Å². The number of carbonyl (C=O) groups is 1. The van der Waals surface area contributed by atoms with Crippen LogP contribution in [0.2, 0.25) is 0 Å². The minimum Gasteiger partial charge on any atom is -0.360 e. The molecule has 0 atom stereocenters. The van der Waals surface area contributed by atoms with Gasteiger partial charge in [-0.25, -0.2) is 4.39 Å². The van der Waals surface area contributed by atoms with Crippen molar-refractivity contribution in [2.24, 2.45) is 0 Å². The molecule has 1 aromatic heterocycles. The topological polar surface area (TPSA) is 62.6 Å². The Labute approximate surface area is 166 Å². The molecule has 8 heteroatoms. The van der Waals surface area contributed by atoms with E-state index in [1.165, 1.54) is 28.4 Å². The summed E-state index contributed by atoms with van der Waals surface area (Å²) >= 11 is 1.37. The molecule has 3 aromatic rings. The van der Waals surface area contributed by atoms with Crippen LogP contribution >= 0.6 is 11.3 Å². The van der Waals surface area contributed by atoms with Gasteiger partial charge < -0.3 is 9.80 Å². The molecule has 6 nitrogen and oxygen atoms in total. The Hall–Kier alpha value is -2.84. The summed E-state index contributed by atoms with van der Waals surface area (Å²) in [6.07, 6.45) is 0. The number of hydrogen-bond donors (Lipinski definition) is 2. The fourth-order valence-corrected chi connectivity index (χ4v) is 4.04. The van der Waals surface area contributed by atoms with E-state index in [9.17, 15) is 9.18 Å². The number of hydrogen-bond acceptors (Lipinski definition) is 5. The molecule has 0 radical (unpaired) electrons. The normalized spacial score (nSPS) is 14.8. The Morgan fingerprint density at radius 1 is 1.07 bits per heavy atom. The van der Waals surface area contributed by atoms with Crippen LogP contribution in [0.1, 0.15) is 0 Å². The first-order chi connectivity index (χ1) is 13.7. The number of carbonyl (C=O) groups excluding carboxylic acids is 1. The average Bonchev–Trinajstić information content (AvgIpc) is 3.18. The third-order valence-electron chi connectivity index (χ3n) is 4.76. The molecule has 28 heavy (non-hydrogen) atoms. The summed E-state index contributed by atoms with van der Waals surface area (Å²) in [7, 11) is 0. The summed E-state index contributed by atoms with van der Waals surface area (Å²) in [4.78, 5) is 15.8. The number of halogens is 1. The third-order valence-corrected chi connectivity index (χ3v) is 5.65. The van der Waals surface area contributed by atoms with Gasteiger partial charge in [0.05, 0.1) is 26.2 Å². The van der Waals surface area contributed by atoms with E-state index in [1.54, 1.807) is 12.1 Å². The summed E-state index contributed by atoms with van der Waals surface area (Å²) in [5, 5.41) is 12.4. The van der Waals surface area contributed by atoms with Gasteiger partial charge in [0.25, 0.3) is 5.91 Å². The number of nitrogens with zero attached hydrogens (tertiary/aromatic N) is 3. The Morgan fingerprint density at radius 2 is 1.79 bits per heavy atom. The fraction of sp³-hybridized carbons (Fsp3) is 0.250. The molecule has 2 heterocycles. The van der Waals surface area contributed by atoms with E-state index in [2.05, 4.69) is 20.4 Å². The van der Waals surface area contributed by atoms with Crippen molar-refractivity contribution in [2.75, 3.05) is 42.9 Å². The van der Waals surface area contributed by atoms with E-state index in [4.69, 9.17) is 0 Å². The molecular weight excluding hydrogens is 377 g/mol. The number of aromatic nitrogens is 2. The van der Waals surface area contributed by atoms with E-state index >= 15 is 0 Å². The van der Waals surface area contributed by atoms with Gasteiger partial charge in [0.15, 0.2) is 6.54 Å².